The molecule has 4 heterocycles. The molecule has 0 radical (unpaired) electrons. The van der Waals surface area contributed by atoms with Gasteiger partial charge in [-0.15, -0.1) is 5.10 Å². The van der Waals surface area contributed by atoms with E-state index in [1.165, 1.54) is 12.8 Å². The second-order valence-electron chi connectivity index (χ2n) is 8.30. The van der Waals surface area contributed by atoms with E-state index in [2.05, 4.69) is 20.0 Å². The first-order chi connectivity index (χ1) is 14.2. The molecule has 4 rings (SSSR count). The summed E-state index contributed by atoms with van der Waals surface area (Å²) in [6, 6.07) is 0.267. The normalized spacial score (nSPS) is 20.6. The number of halogens is 3. The Bertz CT molecular complexity index is 935. The summed E-state index contributed by atoms with van der Waals surface area (Å²) in [5, 5.41) is 3.58. The number of hydrogen-bond donors (Lipinski definition) is 0. The van der Waals surface area contributed by atoms with Crippen molar-refractivity contribution in [1.82, 2.24) is 29.4 Å². The van der Waals surface area contributed by atoms with E-state index in [0.29, 0.717) is 24.2 Å². The molecular weight excluding hydrogens is 397 g/mol. The highest BCUT2D eigenvalue weighted by Crippen LogP contribution is 2.27. The quantitative estimate of drug-likeness (QED) is 0.739. The molecule has 0 spiro atoms. The molecule has 2 aromatic rings. The molecule has 2 saturated heterocycles. The first-order valence-electron chi connectivity index (χ1n) is 10.6. The fraction of sp³-hybridized carbons (Fsp3) is 0.700. The molecule has 30 heavy (non-hydrogen) atoms. The molecule has 0 saturated carbocycles. The van der Waals surface area contributed by atoms with E-state index in [1.807, 2.05) is 4.90 Å². The topological polar surface area (TPSA) is 66.6 Å². The van der Waals surface area contributed by atoms with Crippen LogP contribution in [0.2, 0.25) is 0 Å². The molecule has 1 unspecified atom stereocenters. The molecule has 0 aromatic carbocycles. The smallest absolute Gasteiger partial charge is 0.338 e. The van der Waals surface area contributed by atoms with Crippen LogP contribution in [0, 0.1) is 13.8 Å². The summed E-state index contributed by atoms with van der Waals surface area (Å²) in [5.74, 6) is -1.17. The lowest BCUT2D eigenvalue weighted by Crippen LogP contribution is -2.42. The van der Waals surface area contributed by atoms with Crippen LogP contribution in [0.1, 0.15) is 54.9 Å². The molecule has 1 atom stereocenters. The maximum atomic E-state index is 12.9. The van der Waals surface area contributed by atoms with Gasteiger partial charge in [0.25, 0.3) is 11.6 Å². The molecule has 2 aromatic heterocycles. The zero-order chi connectivity index (χ0) is 21.5. The zero-order valence-corrected chi connectivity index (χ0v) is 17.4. The average molecular weight is 424 g/mol. The van der Waals surface area contributed by atoms with Crippen molar-refractivity contribution >= 4 is 11.7 Å². The van der Waals surface area contributed by atoms with E-state index in [-0.39, 0.29) is 17.7 Å². The maximum absolute atomic E-state index is 12.9. The molecule has 2 aliphatic heterocycles. The second-order valence-corrected chi connectivity index (χ2v) is 8.30. The van der Waals surface area contributed by atoms with Crippen molar-refractivity contribution in [3.05, 3.63) is 22.8 Å². The Labute approximate surface area is 173 Å². The standard InChI is InChI=1S/C20H27F3N6O/c1-13-16(14(2)29-19(24-13)25-18(26-29)20(21,22)23)7-8-17(30)28-11-5-6-15(28)12-27-9-3-4-10-27/h15H,3-12H2,1-2H3. The summed E-state index contributed by atoms with van der Waals surface area (Å²) < 4.78 is 40.0. The first kappa shape index (κ1) is 21.0. The Kier molecular flexibility index (Phi) is 5.69. The van der Waals surface area contributed by atoms with Crippen molar-refractivity contribution < 1.29 is 18.0 Å². The first-order valence-corrected chi connectivity index (χ1v) is 10.6. The van der Waals surface area contributed by atoms with Gasteiger partial charge in [0.05, 0.1) is 0 Å². The van der Waals surface area contributed by atoms with Gasteiger partial charge in [0.15, 0.2) is 0 Å². The molecule has 2 fully saturated rings. The number of carbonyl (C=O) groups excluding carboxylic acids is 1. The van der Waals surface area contributed by atoms with Crippen LogP contribution in [-0.4, -0.2) is 67.5 Å². The van der Waals surface area contributed by atoms with Crippen LogP contribution >= 0.6 is 0 Å². The summed E-state index contributed by atoms with van der Waals surface area (Å²) in [6.45, 7) is 7.38. The van der Waals surface area contributed by atoms with E-state index in [1.54, 1.807) is 13.8 Å². The third kappa shape index (κ3) is 4.14. The number of carbonyl (C=O) groups is 1. The van der Waals surface area contributed by atoms with Crippen LogP contribution in [0.5, 0.6) is 0 Å². The number of rotatable bonds is 5. The number of hydrogen-bond acceptors (Lipinski definition) is 5. The van der Waals surface area contributed by atoms with Gasteiger partial charge in [0, 0.05) is 36.9 Å². The van der Waals surface area contributed by atoms with Gasteiger partial charge in [-0.05, 0) is 64.6 Å². The minimum absolute atomic E-state index is 0.0716. The van der Waals surface area contributed by atoms with Crippen molar-refractivity contribution in [2.45, 2.75) is 64.6 Å². The second kappa shape index (κ2) is 8.13. The van der Waals surface area contributed by atoms with Crippen molar-refractivity contribution in [1.29, 1.82) is 0 Å². The molecule has 0 N–H and O–H groups in total. The maximum Gasteiger partial charge on any atom is 0.453 e. The van der Waals surface area contributed by atoms with Crippen LogP contribution < -0.4 is 0 Å². The number of fused-ring (bicyclic) bond motifs is 1. The number of nitrogens with zero attached hydrogens (tertiary/aromatic N) is 6. The summed E-state index contributed by atoms with van der Waals surface area (Å²) in [6.07, 6.45) is 0.631. The van der Waals surface area contributed by atoms with Crippen LogP contribution in [0.4, 0.5) is 13.2 Å². The Morgan fingerprint density at radius 3 is 2.53 bits per heavy atom. The van der Waals surface area contributed by atoms with Gasteiger partial charge in [-0.25, -0.2) is 9.50 Å². The van der Waals surface area contributed by atoms with E-state index in [4.69, 9.17) is 0 Å². The van der Waals surface area contributed by atoms with E-state index in [9.17, 15) is 18.0 Å². The molecule has 164 valence electrons. The summed E-state index contributed by atoms with van der Waals surface area (Å²) in [5.41, 5.74) is 1.89. The molecule has 0 bridgehead atoms. The monoisotopic (exact) mass is 424 g/mol. The largest absolute Gasteiger partial charge is 0.453 e. The Morgan fingerprint density at radius 2 is 1.83 bits per heavy atom. The van der Waals surface area contributed by atoms with Gasteiger partial charge >= 0.3 is 6.18 Å². The average Bonchev–Trinajstić information content (AvgIpc) is 3.41. The van der Waals surface area contributed by atoms with Gasteiger partial charge in [0.2, 0.25) is 5.91 Å². The van der Waals surface area contributed by atoms with Gasteiger partial charge in [-0.3, -0.25) is 4.79 Å². The molecule has 7 nitrogen and oxygen atoms in total. The Morgan fingerprint density at radius 1 is 1.10 bits per heavy atom. The van der Waals surface area contributed by atoms with Crippen LogP contribution in [0.15, 0.2) is 0 Å². The molecular formula is C20H27F3N6O. The number of amides is 1. The predicted octanol–water partition coefficient (Wildman–Crippen LogP) is 2.78. The minimum Gasteiger partial charge on any atom is -0.338 e. The Balaban J connectivity index is 1.46. The summed E-state index contributed by atoms with van der Waals surface area (Å²) >= 11 is 0. The van der Waals surface area contributed by atoms with Crippen LogP contribution in [0.3, 0.4) is 0 Å². The number of alkyl halides is 3. The molecule has 0 aliphatic carbocycles. The third-order valence-corrected chi connectivity index (χ3v) is 6.26. The minimum atomic E-state index is -4.62. The highest BCUT2D eigenvalue weighted by atomic mass is 19.4. The zero-order valence-electron chi connectivity index (χ0n) is 17.4. The molecule has 1 amide bonds. The predicted molar refractivity (Wildman–Crippen MR) is 104 cm³/mol. The van der Waals surface area contributed by atoms with Crippen molar-refractivity contribution in [3.8, 4) is 0 Å². The lowest BCUT2D eigenvalue weighted by atomic mass is 10.1. The lowest BCUT2D eigenvalue weighted by Gasteiger charge is -2.28. The molecule has 10 heteroatoms. The number of aryl methyl sites for hydroxylation is 2. The van der Waals surface area contributed by atoms with Crippen molar-refractivity contribution in [3.63, 3.8) is 0 Å². The number of aromatic nitrogens is 4. The van der Waals surface area contributed by atoms with E-state index in [0.717, 1.165) is 49.1 Å². The van der Waals surface area contributed by atoms with Gasteiger partial charge in [-0.2, -0.15) is 18.2 Å². The Hall–Kier alpha value is -2.23. The van der Waals surface area contributed by atoms with E-state index < -0.39 is 12.0 Å². The third-order valence-electron chi connectivity index (χ3n) is 6.26. The van der Waals surface area contributed by atoms with Crippen molar-refractivity contribution in [2.75, 3.05) is 26.2 Å². The summed E-state index contributed by atoms with van der Waals surface area (Å²) in [4.78, 5) is 25.0. The van der Waals surface area contributed by atoms with Gasteiger partial charge < -0.3 is 9.80 Å². The lowest BCUT2D eigenvalue weighted by molar-refractivity contribution is -0.144. The number of likely N-dealkylation sites (tertiary alicyclic amines) is 2. The fourth-order valence-corrected chi connectivity index (χ4v) is 4.68. The van der Waals surface area contributed by atoms with Crippen LogP contribution in [0.25, 0.3) is 5.78 Å². The molecule has 2 aliphatic rings. The summed E-state index contributed by atoms with van der Waals surface area (Å²) in [7, 11) is 0. The van der Waals surface area contributed by atoms with Gasteiger partial charge in [-0.1, -0.05) is 0 Å². The van der Waals surface area contributed by atoms with Crippen LogP contribution in [-0.2, 0) is 17.4 Å². The van der Waals surface area contributed by atoms with E-state index >= 15 is 0 Å². The highest BCUT2D eigenvalue weighted by Gasteiger charge is 2.37. The highest BCUT2D eigenvalue weighted by molar-refractivity contribution is 5.77. The van der Waals surface area contributed by atoms with Gasteiger partial charge in [0.1, 0.15) is 0 Å². The van der Waals surface area contributed by atoms with Crippen molar-refractivity contribution in [2.24, 2.45) is 0 Å². The SMILES string of the molecule is Cc1nc2nc(C(F)(F)F)nn2c(C)c1CCC(=O)N1CCCC1CN1CCCC1. The fourth-order valence-electron chi connectivity index (χ4n) is 4.68.